The summed E-state index contributed by atoms with van der Waals surface area (Å²) in [6.45, 7) is 2.55. The highest BCUT2D eigenvalue weighted by Gasteiger charge is 2.47. The number of carboxylic acids is 1. The van der Waals surface area contributed by atoms with Crippen LogP contribution in [-0.2, 0) is 4.79 Å². The second-order valence-electron chi connectivity index (χ2n) is 7.28. The number of aliphatic carboxylic acids is 1. The van der Waals surface area contributed by atoms with E-state index in [1.54, 1.807) is 0 Å². The van der Waals surface area contributed by atoms with Crippen LogP contribution in [-0.4, -0.2) is 76.9 Å². The number of aliphatic hydroxyl groups is 2. The maximum absolute atomic E-state index is 12.5. The molecule has 0 unspecified atom stereocenters. The van der Waals surface area contributed by atoms with Gasteiger partial charge in [-0.05, 0) is 12.8 Å². The monoisotopic (exact) mass is 464 g/mol. The van der Waals surface area contributed by atoms with Gasteiger partial charge in [-0.15, -0.1) is 5.10 Å². The fraction of sp³-hybridized carbons (Fsp3) is 0.706. The lowest BCUT2D eigenvalue weighted by Crippen LogP contribution is -2.32. The number of carboxylic acid groups (broad SMARTS) is 1. The molecule has 10 nitrogen and oxygen atoms in total. The second kappa shape index (κ2) is 9.53. The topological polar surface area (TPSA) is 146 Å². The van der Waals surface area contributed by atoms with Gasteiger partial charge in [0.1, 0.15) is 6.10 Å². The Morgan fingerprint density at radius 2 is 2.03 bits per heavy atom. The second-order valence-corrected chi connectivity index (χ2v) is 8.35. The highest BCUT2D eigenvalue weighted by molar-refractivity contribution is 7.99. The molecule has 4 N–H and O–H groups in total. The van der Waals surface area contributed by atoms with Gasteiger partial charge in [0.05, 0.1) is 24.5 Å². The number of hydrogen-bond acceptors (Lipinski definition) is 9. The molecule has 172 valence electrons. The molecule has 0 amide bonds. The van der Waals surface area contributed by atoms with Gasteiger partial charge in [-0.2, -0.15) is 13.2 Å². The number of aliphatic hydroxyl groups excluding tert-OH is 2. The Morgan fingerprint density at radius 1 is 1.29 bits per heavy atom. The van der Waals surface area contributed by atoms with Crippen molar-refractivity contribution in [1.82, 2.24) is 25.0 Å². The first-order valence-electron chi connectivity index (χ1n) is 9.77. The Balaban J connectivity index is 1.94. The lowest BCUT2D eigenvalue weighted by molar-refractivity contribution is -0.145. The molecule has 2 aromatic heterocycles. The third-order valence-electron chi connectivity index (χ3n) is 5.03. The first-order chi connectivity index (χ1) is 14.6. The molecule has 0 saturated heterocycles. The van der Waals surface area contributed by atoms with E-state index in [1.807, 2.05) is 6.92 Å². The van der Waals surface area contributed by atoms with Crippen LogP contribution in [0.25, 0.3) is 11.2 Å². The number of aromatic nitrogens is 5. The molecule has 14 heteroatoms. The number of fused-ring (bicyclic) bond motifs is 1. The summed E-state index contributed by atoms with van der Waals surface area (Å²) in [5.74, 6) is -2.43. The fourth-order valence-corrected chi connectivity index (χ4v) is 4.18. The van der Waals surface area contributed by atoms with Gasteiger partial charge in [-0.1, -0.05) is 30.3 Å². The predicted octanol–water partition coefficient (Wildman–Crippen LogP) is 1.85. The molecule has 4 atom stereocenters. The molecule has 1 aliphatic rings. The van der Waals surface area contributed by atoms with Gasteiger partial charge in [0.2, 0.25) is 0 Å². The van der Waals surface area contributed by atoms with Crippen LogP contribution in [0.4, 0.5) is 19.0 Å². The van der Waals surface area contributed by atoms with Crippen LogP contribution in [0.15, 0.2) is 5.16 Å². The van der Waals surface area contributed by atoms with Crippen molar-refractivity contribution in [3.8, 4) is 0 Å². The van der Waals surface area contributed by atoms with Gasteiger partial charge in [0.25, 0.3) is 0 Å². The Morgan fingerprint density at radius 3 is 2.65 bits per heavy atom. The largest absolute Gasteiger partial charge is 0.481 e. The zero-order chi connectivity index (χ0) is 22.8. The van der Waals surface area contributed by atoms with E-state index in [0.717, 1.165) is 24.6 Å². The number of nitrogens with one attached hydrogen (secondary N) is 1. The molecule has 2 aromatic rings. The van der Waals surface area contributed by atoms with Gasteiger partial charge in [0.15, 0.2) is 22.1 Å². The van der Waals surface area contributed by atoms with Gasteiger partial charge in [-0.3, -0.25) is 4.79 Å². The first-order valence-corrected chi connectivity index (χ1v) is 10.8. The van der Waals surface area contributed by atoms with Gasteiger partial charge in [0, 0.05) is 12.3 Å². The molecule has 0 aliphatic heterocycles. The van der Waals surface area contributed by atoms with E-state index in [0.29, 0.717) is 12.4 Å². The van der Waals surface area contributed by atoms with E-state index in [9.17, 15) is 33.3 Å². The molecular weight excluding hydrogens is 441 g/mol. The number of thioether (sulfide) groups is 1. The Kier molecular flexibility index (Phi) is 7.21. The summed E-state index contributed by atoms with van der Waals surface area (Å²) in [4.78, 5) is 19.9. The molecule has 0 radical (unpaired) electrons. The van der Waals surface area contributed by atoms with E-state index >= 15 is 0 Å². The van der Waals surface area contributed by atoms with Crippen LogP contribution < -0.4 is 5.32 Å². The lowest BCUT2D eigenvalue weighted by Gasteiger charge is -2.16. The molecule has 3 rings (SSSR count). The average molecular weight is 464 g/mol. The Bertz CT molecular complexity index is 927. The van der Waals surface area contributed by atoms with Crippen molar-refractivity contribution < 1.29 is 33.3 Å². The molecule has 0 spiro atoms. The van der Waals surface area contributed by atoms with Crippen LogP contribution in [0.2, 0.25) is 0 Å². The van der Waals surface area contributed by atoms with Crippen molar-refractivity contribution in [3.63, 3.8) is 0 Å². The van der Waals surface area contributed by atoms with Crippen molar-refractivity contribution in [3.05, 3.63) is 0 Å². The number of nitrogens with zero attached hydrogens (tertiary/aromatic N) is 5. The number of unbranched alkanes of at least 4 members (excludes halogenated alkanes) is 1. The number of alkyl halides is 3. The molecule has 0 aromatic carbocycles. The third kappa shape index (κ3) is 5.36. The Labute approximate surface area is 179 Å². The summed E-state index contributed by atoms with van der Waals surface area (Å²) in [6, 6.07) is -0.910. The maximum atomic E-state index is 12.5. The standard InChI is InChI=1S/C17H23F3N6O4S/c1-2-3-5-21-13-10-14(23-16(22-13)31-6-4-17(18,19)20)26(25-24-10)9-7-8(15(29)30)11(27)12(9)28/h8-9,11-12,27-28H,2-7H2,1H3,(H,29,30)(H,21,22,23)/t8-,9+,11+,12-/m0/s1. The van der Waals surface area contributed by atoms with Crippen molar-refractivity contribution in [2.75, 3.05) is 17.6 Å². The summed E-state index contributed by atoms with van der Waals surface area (Å²) in [5, 5.41) is 40.8. The molecule has 1 saturated carbocycles. The van der Waals surface area contributed by atoms with Gasteiger partial charge >= 0.3 is 12.1 Å². The summed E-state index contributed by atoms with van der Waals surface area (Å²) < 4.78 is 38.7. The van der Waals surface area contributed by atoms with E-state index in [4.69, 9.17) is 0 Å². The van der Waals surface area contributed by atoms with Crippen LogP contribution >= 0.6 is 11.8 Å². The van der Waals surface area contributed by atoms with Crippen molar-refractivity contribution in [2.24, 2.45) is 5.92 Å². The van der Waals surface area contributed by atoms with Crippen LogP contribution in [0.5, 0.6) is 0 Å². The van der Waals surface area contributed by atoms with Crippen LogP contribution in [0.3, 0.4) is 0 Å². The smallest absolute Gasteiger partial charge is 0.389 e. The normalized spacial score (nSPS) is 24.1. The number of rotatable bonds is 9. The predicted molar refractivity (Wildman–Crippen MR) is 105 cm³/mol. The highest BCUT2D eigenvalue weighted by Crippen LogP contribution is 2.37. The minimum Gasteiger partial charge on any atom is -0.481 e. The minimum absolute atomic E-state index is 0.0714. The van der Waals surface area contributed by atoms with E-state index in [-0.39, 0.29) is 28.5 Å². The molecular formula is C17H23F3N6O4S. The third-order valence-corrected chi connectivity index (χ3v) is 5.87. The highest BCUT2D eigenvalue weighted by atomic mass is 32.2. The SMILES string of the molecule is CCCCNc1nc(SCCC(F)(F)F)nc2c1nnn2[C@@H]1C[C@H](C(=O)O)[C@@H](O)[C@H]1O. The number of hydrogen-bond donors (Lipinski definition) is 4. The molecule has 0 bridgehead atoms. The average Bonchev–Trinajstić information content (AvgIpc) is 3.22. The summed E-state index contributed by atoms with van der Waals surface area (Å²) >= 11 is 0.820. The van der Waals surface area contributed by atoms with Gasteiger partial charge in [-0.25, -0.2) is 14.6 Å². The fourth-order valence-electron chi connectivity index (χ4n) is 3.36. The summed E-state index contributed by atoms with van der Waals surface area (Å²) in [6.07, 6.45) is -6.60. The molecule has 2 heterocycles. The maximum Gasteiger partial charge on any atom is 0.389 e. The van der Waals surface area contributed by atoms with E-state index in [2.05, 4.69) is 25.6 Å². The van der Waals surface area contributed by atoms with Crippen molar-refractivity contribution in [2.45, 2.75) is 62.2 Å². The zero-order valence-corrected chi connectivity index (χ0v) is 17.4. The quantitative estimate of drug-likeness (QED) is 0.246. The van der Waals surface area contributed by atoms with E-state index in [1.165, 1.54) is 4.68 Å². The minimum atomic E-state index is -4.31. The Hall–Kier alpha value is -2.19. The van der Waals surface area contributed by atoms with Crippen LogP contribution in [0.1, 0.15) is 38.6 Å². The lowest BCUT2D eigenvalue weighted by atomic mass is 10.1. The van der Waals surface area contributed by atoms with Gasteiger partial charge < -0.3 is 20.6 Å². The summed E-state index contributed by atoms with van der Waals surface area (Å²) in [7, 11) is 0. The van der Waals surface area contributed by atoms with Crippen molar-refractivity contribution in [1.29, 1.82) is 0 Å². The molecule has 31 heavy (non-hydrogen) atoms. The summed E-state index contributed by atoms with van der Waals surface area (Å²) in [5.41, 5.74) is 0.391. The van der Waals surface area contributed by atoms with Crippen LogP contribution in [0, 0.1) is 5.92 Å². The number of halogens is 3. The number of anilines is 1. The zero-order valence-electron chi connectivity index (χ0n) is 16.6. The van der Waals surface area contributed by atoms with Crippen molar-refractivity contribution >= 4 is 34.7 Å². The van der Waals surface area contributed by atoms with E-state index < -0.39 is 42.7 Å². The number of carbonyl (C=O) groups is 1. The molecule has 1 fully saturated rings. The first kappa shape index (κ1) is 23.5. The molecule has 1 aliphatic carbocycles.